The molecule has 0 aliphatic heterocycles. The number of ketones is 1. The summed E-state index contributed by atoms with van der Waals surface area (Å²) in [5, 5.41) is 18.4. The van der Waals surface area contributed by atoms with Crippen LogP contribution in [0.1, 0.15) is 22.3 Å². The number of carbonyl (C=O) groups excluding carboxylic acids is 1. The van der Waals surface area contributed by atoms with E-state index < -0.39 is 29.6 Å². The third-order valence-electron chi connectivity index (χ3n) is 3.41. The van der Waals surface area contributed by atoms with Crippen LogP contribution in [0.4, 0.5) is 0 Å². The van der Waals surface area contributed by atoms with Crippen molar-refractivity contribution in [2.45, 2.75) is 12.8 Å². The van der Waals surface area contributed by atoms with E-state index in [2.05, 4.69) is 0 Å². The SMILES string of the molecule is COc1cccc2c1CC(C(=O)O)(C(=O)O)CC2=O. The molecular formula is C13H12O6. The van der Waals surface area contributed by atoms with Crippen molar-refractivity contribution >= 4 is 17.7 Å². The van der Waals surface area contributed by atoms with Crippen LogP contribution in [0.25, 0.3) is 0 Å². The van der Waals surface area contributed by atoms with Gasteiger partial charge in [-0.3, -0.25) is 14.4 Å². The molecule has 0 saturated carbocycles. The minimum absolute atomic E-state index is 0.261. The zero-order valence-electron chi connectivity index (χ0n) is 10.2. The summed E-state index contributed by atoms with van der Waals surface area (Å²) >= 11 is 0. The number of fused-ring (bicyclic) bond motifs is 1. The van der Waals surface area contributed by atoms with Gasteiger partial charge in [0.15, 0.2) is 11.2 Å². The number of benzene rings is 1. The third kappa shape index (κ3) is 1.85. The second-order valence-corrected chi connectivity index (χ2v) is 4.46. The number of Topliss-reactive ketones (excluding diaryl/α,β-unsaturated/α-hetero) is 1. The fraction of sp³-hybridized carbons (Fsp3) is 0.308. The number of carboxylic acids is 2. The summed E-state index contributed by atoms with van der Waals surface area (Å²) in [5.41, 5.74) is -1.44. The van der Waals surface area contributed by atoms with Crippen molar-refractivity contribution in [3.8, 4) is 5.75 Å². The highest BCUT2D eigenvalue weighted by molar-refractivity contribution is 6.09. The number of carboxylic acid groups (broad SMARTS) is 2. The van der Waals surface area contributed by atoms with Gasteiger partial charge in [0.2, 0.25) is 0 Å². The lowest BCUT2D eigenvalue weighted by Crippen LogP contribution is -2.46. The molecule has 0 atom stereocenters. The van der Waals surface area contributed by atoms with E-state index in [1.54, 1.807) is 18.2 Å². The maximum absolute atomic E-state index is 12.0. The Morgan fingerprint density at radius 3 is 2.37 bits per heavy atom. The average molecular weight is 264 g/mol. The second kappa shape index (κ2) is 4.38. The number of hydrogen-bond acceptors (Lipinski definition) is 4. The first-order valence-corrected chi connectivity index (χ1v) is 5.58. The molecule has 1 aliphatic rings. The summed E-state index contributed by atoms with van der Waals surface area (Å²) in [6, 6.07) is 4.74. The second-order valence-electron chi connectivity index (χ2n) is 4.46. The molecule has 0 amide bonds. The predicted molar refractivity (Wildman–Crippen MR) is 63.4 cm³/mol. The molecule has 0 aromatic heterocycles. The summed E-state index contributed by atoms with van der Waals surface area (Å²) in [7, 11) is 1.39. The van der Waals surface area contributed by atoms with Crippen LogP contribution in [-0.2, 0) is 16.0 Å². The van der Waals surface area contributed by atoms with Gasteiger partial charge in [0.25, 0.3) is 0 Å². The molecule has 6 heteroatoms. The van der Waals surface area contributed by atoms with Crippen molar-refractivity contribution in [2.24, 2.45) is 5.41 Å². The van der Waals surface area contributed by atoms with E-state index in [0.29, 0.717) is 16.9 Å². The van der Waals surface area contributed by atoms with Gasteiger partial charge in [0.1, 0.15) is 5.75 Å². The van der Waals surface area contributed by atoms with Crippen LogP contribution in [0, 0.1) is 5.41 Å². The zero-order chi connectivity index (χ0) is 14.2. The Morgan fingerprint density at radius 2 is 1.84 bits per heavy atom. The largest absolute Gasteiger partial charge is 0.496 e. The summed E-state index contributed by atoms with van der Waals surface area (Å²) in [4.78, 5) is 34.6. The molecule has 0 fully saturated rings. The van der Waals surface area contributed by atoms with E-state index in [-0.39, 0.29) is 6.42 Å². The first-order valence-electron chi connectivity index (χ1n) is 5.58. The van der Waals surface area contributed by atoms with Crippen LogP contribution < -0.4 is 4.74 Å². The van der Waals surface area contributed by atoms with Crippen LogP contribution >= 0.6 is 0 Å². The molecule has 0 bridgehead atoms. The zero-order valence-corrected chi connectivity index (χ0v) is 10.2. The van der Waals surface area contributed by atoms with E-state index in [9.17, 15) is 24.6 Å². The molecule has 1 aliphatic carbocycles. The molecule has 6 nitrogen and oxygen atoms in total. The fourth-order valence-corrected chi connectivity index (χ4v) is 2.33. The number of carbonyl (C=O) groups is 3. The van der Waals surface area contributed by atoms with Gasteiger partial charge >= 0.3 is 11.9 Å². The molecule has 19 heavy (non-hydrogen) atoms. The number of ether oxygens (including phenoxy) is 1. The monoisotopic (exact) mass is 264 g/mol. The average Bonchev–Trinajstić information content (AvgIpc) is 2.37. The topological polar surface area (TPSA) is 101 Å². The lowest BCUT2D eigenvalue weighted by Gasteiger charge is -2.30. The number of methoxy groups -OCH3 is 1. The fourth-order valence-electron chi connectivity index (χ4n) is 2.33. The van der Waals surface area contributed by atoms with E-state index in [0.717, 1.165) is 0 Å². The molecule has 0 spiro atoms. The molecule has 1 aromatic rings. The van der Waals surface area contributed by atoms with Crippen LogP contribution in [0.2, 0.25) is 0 Å². The van der Waals surface area contributed by atoms with Crippen LogP contribution in [0.15, 0.2) is 18.2 Å². The highest BCUT2D eigenvalue weighted by Gasteiger charge is 2.52. The summed E-state index contributed by atoms with van der Waals surface area (Å²) in [6.45, 7) is 0. The number of aliphatic carboxylic acids is 2. The third-order valence-corrected chi connectivity index (χ3v) is 3.41. The highest BCUT2D eigenvalue weighted by atomic mass is 16.5. The summed E-state index contributed by atoms with van der Waals surface area (Å²) < 4.78 is 5.08. The van der Waals surface area contributed by atoms with E-state index in [1.165, 1.54) is 7.11 Å². The number of rotatable bonds is 3. The Hall–Kier alpha value is -2.37. The van der Waals surface area contributed by atoms with Crippen molar-refractivity contribution in [2.75, 3.05) is 7.11 Å². The Morgan fingerprint density at radius 1 is 1.21 bits per heavy atom. The first-order chi connectivity index (χ1) is 8.92. The van der Waals surface area contributed by atoms with E-state index >= 15 is 0 Å². The maximum Gasteiger partial charge on any atom is 0.321 e. The molecule has 0 radical (unpaired) electrons. The molecule has 0 unspecified atom stereocenters. The van der Waals surface area contributed by atoms with Crippen LogP contribution in [-0.4, -0.2) is 35.0 Å². The van der Waals surface area contributed by atoms with Gasteiger partial charge in [0.05, 0.1) is 7.11 Å². The quantitative estimate of drug-likeness (QED) is 0.789. The molecule has 2 rings (SSSR count). The maximum atomic E-state index is 12.0. The van der Waals surface area contributed by atoms with E-state index in [1.807, 2.05) is 0 Å². The van der Waals surface area contributed by atoms with Gasteiger partial charge in [-0.2, -0.15) is 0 Å². The van der Waals surface area contributed by atoms with Crippen LogP contribution in [0.3, 0.4) is 0 Å². The Bertz CT molecular complexity index is 560. The Kier molecular flexibility index (Phi) is 3.01. The molecule has 2 N–H and O–H groups in total. The summed E-state index contributed by atoms with van der Waals surface area (Å²) in [5.74, 6) is -3.18. The van der Waals surface area contributed by atoms with Gasteiger partial charge in [-0.25, -0.2) is 0 Å². The van der Waals surface area contributed by atoms with Gasteiger partial charge in [-0.15, -0.1) is 0 Å². The van der Waals surface area contributed by atoms with Gasteiger partial charge in [0, 0.05) is 24.0 Å². The van der Waals surface area contributed by atoms with Crippen LogP contribution in [0.5, 0.6) is 5.75 Å². The lowest BCUT2D eigenvalue weighted by atomic mass is 9.70. The van der Waals surface area contributed by atoms with Crippen molar-refractivity contribution in [3.63, 3.8) is 0 Å². The molecular weight excluding hydrogens is 252 g/mol. The minimum atomic E-state index is -2.11. The van der Waals surface area contributed by atoms with Gasteiger partial charge in [-0.05, 0) is 6.07 Å². The normalized spacial score (nSPS) is 16.6. The van der Waals surface area contributed by atoms with Gasteiger partial charge < -0.3 is 14.9 Å². The molecule has 0 heterocycles. The standard InChI is InChI=1S/C13H12O6/c1-19-10-4-2-3-7-8(10)5-13(11(15)16,12(17)18)6-9(7)14/h2-4H,5-6H2,1H3,(H,15,16)(H,17,18). The van der Waals surface area contributed by atoms with Crippen molar-refractivity contribution in [1.82, 2.24) is 0 Å². The first kappa shape index (κ1) is 13.1. The molecule has 100 valence electrons. The Labute approximate surface area is 108 Å². The molecule has 1 aromatic carbocycles. The van der Waals surface area contributed by atoms with Gasteiger partial charge in [-0.1, -0.05) is 12.1 Å². The summed E-state index contributed by atoms with van der Waals surface area (Å²) in [6.07, 6.45) is -0.805. The predicted octanol–water partition coefficient (Wildman–Crippen LogP) is 0.980. The number of hydrogen-bond donors (Lipinski definition) is 2. The highest BCUT2D eigenvalue weighted by Crippen LogP contribution is 2.40. The molecule has 0 saturated heterocycles. The lowest BCUT2D eigenvalue weighted by molar-refractivity contribution is -0.164. The Balaban J connectivity index is 2.62. The van der Waals surface area contributed by atoms with Crippen molar-refractivity contribution in [1.29, 1.82) is 0 Å². The smallest absolute Gasteiger partial charge is 0.321 e. The minimum Gasteiger partial charge on any atom is -0.496 e. The van der Waals surface area contributed by atoms with E-state index in [4.69, 9.17) is 4.74 Å². The van der Waals surface area contributed by atoms with Crippen molar-refractivity contribution in [3.05, 3.63) is 29.3 Å². The van der Waals surface area contributed by atoms with Crippen molar-refractivity contribution < 1.29 is 29.3 Å².